The Bertz CT molecular complexity index is 753. The molecule has 0 unspecified atom stereocenters. The van der Waals surface area contributed by atoms with Gasteiger partial charge in [0.1, 0.15) is 5.75 Å². The van der Waals surface area contributed by atoms with Gasteiger partial charge in [0.25, 0.3) is 5.91 Å². The van der Waals surface area contributed by atoms with E-state index < -0.39 is 10.0 Å². The molecular formula is C15H16N2O4S. The van der Waals surface area contributed by atoms with Gasteiger partial charge in [0.2, 0.25) is 10.0 Å². The molecule has 22 heavy (non-hydrogen) atoms. The second kappa shape index (κ2) is 6.59. The number of benzene rings is 2. The van der Waals surface area contributed by atoms with Crippen molar-refractivity contribution < 1.29 is 17.9 Å². The Labute approximate surface area is 129 Å². The molecule has 0 spiro atoms. The molecule has 0 saturated heterocycles. The quantitative estimate of drug-likeness (QED) is 0.866. The highest BCUT2D eigenvalue weighted by Crippen LogP contribution is 2.12. The molecule has 2 aromatic rings. The first-order chi connectivity index (χ1) is 10.4. The first-order valence-electron chi connectivity index (χ1n) is 6.44. The molecule has 1 amide bonds. The lowest BCUT2D eigenvalue weighted by Crippen LogP contribution is -2.23. The summed E-state index contributed by atoms with van der Waals surface area (Å²) in [6.07, 6.45) is 0. The summed E-state index contributed by atoms with van der Waals surface area (Å²) in [5.41, 5.74) is 1.29. The normalized spacial score (nSPS) is 11.0. The van der Waals surface area contributed by atoms with Crippen LogP contribution in [0.5, 0.6) is 5.75 Å². The third-order valence-electron chi connectivity index (χ3n) is 3.06. The fraction of sp³-hybridized carbons (Fsp3) is 0.133. The number of sulfonamides is 1. The van der Waals surface area contributed by atoms with Gasteiger partial charge in [0.05, 0.1) is 12.0 Å². The van der Waals surface area contributed by atoms with Crippen LogP contribution in [-0.4, -0.2) is 21.4 Å². The van der Waals surface area contributed by atoms with Crippen LogP contribution in [0.3, 0.4) is 0 Å². The summed E-state index contributed by atoms with van der Waals surface area (Å²) in [5, 5.41) is 7.75. The zero-order valence-electron chi connectivity index (χ0n) is 11.9. The minimum absolute atomic E-state index is 0.0285. The Morgan fingerprint density at radius 3 is 2.18 bits per heavy atom. The Morgan fingerprint density at radius 1 is 1.09 bits per heavy atom. The van der Waals surface area contributed by atoms with Gasteiger partial charge in [0.15, 0.2) is 0 Å². The first-order valence-corrected chi connectivity index (χ1v) is 7.99. The van der Waals surface area contributed by atoms with E-state index in [2.05, 4.69) is 5.32 Å². The topological polar surface area (TPSA) is 98.5 Å². The molecule has 116 valence electrons. The lowest BCUT2D eigenvalue weighted by molar-refractivity contribution is 0.0951. The van der Waals surface area contributed by atoms with Crippen molar-refractivity contribution >= 4 is 15.9 Å². The molecule has 0 aliphatic carbocycles. The fourth-order valence-electron chi connectivity index (χ4n) is 1.82. The number of nitrogens with two attached hydrogens (primary N) is 1. The van der Waals surface area contributed by atoms with E-state index in [4.69, 9.17) is 9.88 Å². The largest absolute Gasteiger partial charge is 0.497 e. The summed E-state index contributed by atoms with van der Waals surface area (Å²) in [6, 6.07) is 12.8. The smallest absolute Gasteiger partial charge is 0.251 e. The van der Waals surface area contributed by atoms with Crippen LogP contribution in [-0.2, 0) is 16.6 Å². The van der Waals surface area contributed by atoms with Gasteiger partial charge in [-0.15, -0.1) is 0 Å². The van der Waals surface area contributed by atoms with E-state index in [0.717, 1.165) is 11.3 Å². The number of rotatable bonds is 5. The van der Waals surface area contributed by atoms with Crippen molar-refractivity contribution in [2.75, 3.05) is 7.11 Å². The van der Waals surface area contributed by atoms with Crippen molar-refractivity contribution in [3.63, 3.8) is 0 Å². The predicted octanol–water partition coefficient (Wildman–Crippen LogP) is 1.27. The zero-order valence-corrected chi connectivity index (χ0v) is 12.8. The minimum Gasteiger partial charge on any atom is -0.497 e. The third kappa shape index (κ3) is 4.06. The number of ether oxygens (including phenoxy) is 1. The molecule has 0 bridgehead atoms. The Hall–Kier alpha value is -2.38. The summed E-state index contributed by atoms with van der Waals surface area (Å²) < 4.78 is 27.3. The molecule has 0 radical (unpaired) electrons. The Kier molecular flexibility index (Phi) is 4.79. The molecule has 2 aromatic carbocycles. The number of nitrogens with one attached hydrogen (secondary N) is 1. The van der Waals surface area contributed by atoms with Crippen molar-refractivity contribution in [3.05, 3.63) is 59.7 Å². The molecule has 0 atom stereocenters. The van der Waals surface area contributed by atoms with Gasteiger partial charge in [-0.25, -0.2) is 13.6 Å². The van der Waals surface area contributed by atoms with E-state index in [1.165, 1.54) is 24.3 Å². The van der Waals surface area contributed by atoms with Crippen molar-refractivity contribution in [2.24, 2.45) is 5.14 Å². The second-order valence-corrected chi connectivity index (χ2v) is 6.16. The van der Waals surface area contributed by atoms with Gasteiger partial charge in [0, 0.05) is 12.1 Å². The predicted molar refractivity (Wildman–Crippen MR) is 82.0 cm³/mol. The van der Waals surface area contributed by atoms with E-state index in [9.17, 15) is 13.2 Å². The van der Waals surface area contributed by atoms with Crippen molar-refractivity contribution in [1.29, 1.82) is 0 Å². The average Bonchev–Trinajstić information content (AvgIpc) is 2.52. The van der Waals surface area contributed by atoms with E-state index in [1.807, 2.05) is 24.3 Å². The summed E-state index contributed by atoms with van der Waals surface area (Å²) in [5.74, 6) is 0.449. The number of primary sulfonamides is 1. The molecule has 6 nitrogen and oxygen atoms in total. The molecule has 2 rings (SSSR count). The first kappa shape index (κ1) is 16.0. The van der Waals surface area contributed by atoms with Gasteiger partial charge in [-0.2, -0.15) is 0 Å². The average molecular weight is 320 g/mol. The summed E-state index contributed by atoms with van der Waals surface area (Å²) in [4.78, 5) is 12.0. The van der Waals surface area contributed by atoms with E-state index in [0.29, 0.717) is 12.1 Å². The van der Waals surface area contributed by atoms with E-state index >= 15 is 0 Å². The van der Waals surface area contributed by atoms with Crippen LogP contribution in [0.25, 0.3) is 0 Å². The van der Waals surface area contributed by atoms with Crippen LogP contribution in [0, 0.1) is 0 Å². The summed E-state index contributed by atoms with van der Waals surface area (Å²) in [7, 11) is -2.17. The molecule has 0 fully saturated rings. The lowest BCUT2D eigenvalue weighted by Gasteiger charge is -2.07. The van der Waals surface area contributed by atoms with Crippen molar-refractivity contribution in [2.45, 2.75) is 11.4 Å². The van der Waals surface area contributed by atoms with Crippen LogP contribution in [0.2, 0.25) is 0 Å². The monoisotopic (exact) mass is 320 g/mol. The Morgan fingerprint density at radius 2 is 1.68 bits per heavy atom. The molecule has 0 aliphatic heterocycles. The number of methoxy groups -OCH3 is 1. The fourth-order valence-corrected chi connectivity index (χ4v) is 2.34. The van der Waals surface area contributed by atoms with E-state index in [-0.39, 0.29) is 10.8 Å². The van der Waals surface area contributed by atoms with Crippen LogP contribution in [0.4, 0.5) is 0 Å². The summed E-state index contributed by atoms with van der Waals surface area (Å²) in [6.45, 7) is 0.361. The third-order valence-corrected chi connectivity index (χ3v) is 3.99. The summed E-state index contributed by atoms with van der Waals surface area (Å²) >= 11 is 0. The number of hydrogen-bond acceptors (Lipinski definition) is 4. The minimum atomic E-state index is -3.75. The van der Waals surface area contributed by atoms with Crippen LogP contribution >= 0.6 is 0 Å². The number of hydrogen-bond donors (Lipinski definition) is 2. The maximum absolute atomic E-state index is 12.0. The van der Waals surface area contributed by atoms with E-state index in [1.54, 1.807) is 7.11 Å². The van der Waals surface area contributed by atoms with Crippen LogP contribution in [0.15, 0.2) is 53.4 Å². The lowest BCUT2D eigenvalue weighted by atomic mass is 10.2. The van der Waals surface area contributed by atoms with Gasteiger partial charge >= 0.3 is 0 Å². The second-order valence-electron chi connectivity index (χ2n) is 4.60. The van der Waals surface area contributed by atoms with Crippen LogP contribution in [0.1, 0.15) is 15.9 Å². The number of carbonyl (C=O) groups excluding carboxylic acids is 1. The molecule has 0 saturated carbocycles. The number of amides is 1. The van der Waals surface area contributed by atoms with Crippen LogP contribution < -0.4 is 15.2 Å². The standard InChI is InChI=1S/C15H16N2O4S/c1-21-13-6-2-11(3-7-13)10-17-15(18)12-4-8-14(9-5-12)22(16,19)20/h2-9H,10H2,1H3,(H,17,18)(H2,16,19,20). The Balaban J connectivity index is 1.99. The van der Waals surface area contributed by atoms with Crippen molar-refractivity contribution in [3.8, 4) is 5.75 Å². The maximum atomic E-state index is 12.0. The molecule has 0 aliphatic rings. The molecule has 0 heterocycles. The van der Waals surface area contributed by atoms with Gasteiger partial charge in [-0.05, 0) is 42.0 Å². The van der Waals surface area contributed by atoms with Crippen molar-refractivity contribution in [1.82, 2.24) is 5.32 Å². The zero-order chi connectivity index (χ0) is 16.2. The van der Waals surface area contributed by atoms with Gasteiger partial charge < -0.3 is 10.1 Å². The number of carbonyl (C=O) groups is 1. The highest BCUT2D eigenvalue weighted by molar-refractivity contribution is 7.89. The highest BCUT2D eigenvalue weighted by Gasteiger charge is 2.10. The molecular weight excluding hydrogens is 304 g/mol. The molecule has 7 heteroatoms. The molecule has 3 N–H and O–H groups in total. The molecule has 0 aromatic heterocycles. The van der Waals surface area contributed by atoms with Gasteiger partial charge in [-0.1, -0.05) is 12.1 Å². The van der Waals surface area contributed by atoms with Gasteiger partial charge in [-0.3, -0.25) is 4.79 Å². The highest BCUT2D eigenvalue weighted by atomic mass is 32.2. The SMILES string of the molecule is COc1ccc(CNC(=O)c2ccc(S(N)(=O)=O)cc2)cc1. The maximum Gasteiger partial charge on any atom is 0.251 e.